The van der Waals surface area contributed by atoms with Crippen molar-refractivity contribution in [2.45, 2.75) is 12.3 Å². The Balaban J connectivity index is 1.85. The van der Waals surface area contributed by atoms with E-state index in [0.717, 1.165) is 10.2 Å². The zero-order valence-corrected chi connectivity index (χ0v) is 18.9. The van der Waals surface area contributed by atoms with Crippen LogP contribution >= 0.6 is 50.7 Å². The minimum atomic E-state index is -0.393. The van der Waals surface area contributed by atoms with Gasteiger partial charge in [0.1, 0.15) is 10.2 Å². The van der Waals surface area contributed by atoms with Crippen LogP contribution in [0.2, 0.25) is 15.1 Å². The quantitative estimate of drug-likeness (QED) is 0.432. The summed E-state index contributed by atoms with van der Waals surface area (Å²) in [6.07, 6.45) is 2.09. The standard InChI is InChI=1S/C20H17BrCl3N3O2/c21-18-17(25-10-13(8-9-28)12-4-6-14(22)7-5-12)11-26-27(20(18)29)19-15(23)2-1-3-16(19)24/h1-7,11,13,25,28H,8-10H2. The molecule has 0 amide bonds. The lowest BCUT2D eigenvalue weighted by Gasteiger charge is -2.19. The van der Waals surface area contributed by atoms with Crippen LogP contribution < -0.4 is 10.9 Å². The van der Waals surface area contributed by atoms with Crippen molar-refractivity contribution in [1.29, 1.82) is 0 Å². The van der Waals surface area contributed by atoms with Gasteiger partial charge in [-0.15, -0.1) is 0 Å². The van der Waals surface area contributed by atoms with Gasteiger partial charge in [0.05, 0.1) is 21.9 Å². The van der Waals surface area contributed by atoms with E-state index >= 15 is 0 Å². The smallest absolute Gasteiger partial charge is 0.288 e. The molecule has 0 bridgehead atoms. The van der Waals surface area contributed by atoms with Crippen molar-refractivity contribution in [3.05, 3.63) is 84.1 Å². The molecule has 0 spiro atoms. The molecule has 1 aromatic heterocycles. The molecule has 0 aliphatic carbocycles. The number of halogens is 4. The maximum Gasteiger partial charge on any atom is 0.288 e. The predicted octanol–water partition coefficient (Wildman–Crippen LogP) is 5.53. The first-order valence-corrected chi connectivity index (χ1v) is 10.7. The molecule has 5 nitrogen and oxygen atoms in total. The van der Waals surface area contributed by atoms with Crippen LogP contribution in [0.4, 0.5) is 5.69 Å². The third-order valence-electron chi connectivity index (χ3n) is 4.43. The van der Waals surface area contributed by atoms with Gasteiger partial charge < -0.3 is 10.4 Å². The number of aromatic nitrogens is 2. The highest BCUT2D eigenvalue weighted by Gasteiger charge is 2.17. The van der Waals surface area contributed by atoms with Gasteiger partial charge in [-0.2, -0.15) is 9.78 Å². The van der Waals surface area contributed by atoms with E-state index in [-0.39, 0.29) is 12.5 Å². The van der Waals surface area contributed by atoms with Gasteiger partial charge >= 0.3 is 0 Å². The van der Waals surface area contributed by atoms with Crippen LogP contribution in [0.15, 0.2) is 57.9 Å². The van der Waals surface area contributed by atoms with E-state index in [9.17, 15) is 9.90 Å². The van der Waals surface area contributed by atoms with Gasteiger partial charge in [0.2, 0.25) is 0 Å². The largest absolute Gasteiger partial charge is 0.396 e. The van der Waals surface area contributed by atoms with Crippen molar-refractivity contribution in [2.75, 3.05) is 18.5 Å². The topological polar surface area (TPSA) is 67.2 Å². The Labute approximate surface area is 191 Å². The molecule has 0 aliphatic rings. The van der Waals surface area contributed by atoms with E-state index in [4.69, 9.17) is 34.8 Å². The first-order valence-electron chi connectivity index (χ1n) is 8.74. The molecule has 0 radical (unpaired) electrons. The molecule has 3 aromatic rings. The summed E-state index contributed by atoms with van der Waals surface area (Å²) < 4.78 is 1.46. The van der Waals surface area contributed by atoms with Gasteiger partial charge in [-0.25, -0.2) is 0 Å². The SMILES string of the molecule is O=c1c(Br)c(NCC(CCO)c2ccc(Cl)cc2)cnn1-c1c(Cl)cccc1Cl. The molecule has 0 fully saturated rings. The number of benzene rings is 2. The molecule has 0 saturated carbocycles. The number of nitrogens with zero attached hydrogens (tertiary/aromatic N) is 2. The average Bonchev–Trinajstić information content (AvgIpc) is 2.70. The first-order chi connectivity index (χ1) is 13.9. The molecule has 2 N–H and O–H groups in total. The van der Waals surface area contributed by atoms with E-state index in [1.165, 1.54) is 6.20 Å². The highest BCUT2D eigenvalue weighted by molar-refractivity contribution is 9.10. The van der Waals surface area contributed by atoms with Crippen LogP contribution in [-0.4, -0.2) is 28.0 Å². The van der Waals surface area contributed by atoms with Crippen molar-refractivity contribution < 1.29 is 5.11 Å². The maximum atomic E-state index is 12.8. The molecule has 3 rings (SSSR count). The van der Waals surface area contributed by atoms with Crippen LogP contribution in [0.1, 0.15) is 17.9 Å². The number of hydrogen-bond acceptors (Lipinski definition) is 4. The molecule has 2 aromatic carbocycles. The summed E-state index contributed by atoms with van der Waals surface area (Å²) >= 11 is 21.7. The molecule has 9 heteroatoms. The number of para-hydroxylation sites is 1. The fourth-order valence-electron chi connectivity index (χ4n) is 2.92. The summed E-state index contributed by atoms with van der Waals surface area (Å²) in [5.41, 5.74) is 1.50. The van der Waals surface area contributed by atoms with Crippen LogP contribution in [0, 0.1) is 0 Å². The second-order valence-corrected chi connectivity index (χ2v) is 8.34. The summed E-state index contributed by atoms with van der Waals surface area (Å²) in [5, 5.41) is 18.2. The van der Waals surface area contributed by atoms with Gasteiger partial charge in [0.25, 0.3) is 5.56 Å². The van der Waals surface area contributed by atoms with Crippen molar-refractivity contribution >= 4 is 56.4 Å². The van der Waals surface area contributed by atoms with Crippen LogP contribution in [-0.2, 0) is 0 Å². The molecular weight excluding hydrogens is 501 g/mol. The Morgan fingerprint density at radius 1 is 1.10 bits per heavy atom. The number of aliphatic hydroxyl groups excluding tert-OH is 1. The lowest BCUT2D eigenvalue weighted by Crippen LogP contribution is -2.24. The number of nitrogens with one attached hydrogen (secondary N) is 1. The zero-order valence-electron chi connectivity index (χ0n) is 15.1. The van der Waals surface area contributed by atoms with E-state index in [1.54, 1.807) is 18.2 Å². The minimum absolute atomic E-state index is 0.0320. The Kier molecular flexibility index (Phi) is 7.60. The second-order valence-electron chi connectivity index (χ2n) is 6.30. The molecule has 1 unspecified atom stereocenters. The molecular formula is C20H17BrCl3N3O2. The summed E-state index contributed by atoms with van der Waals surface area (Å²) in [6.45, 7) is 0.541. The minimum Gasteiger partial charge on any atom is -0.396 e. The van der Waals surface area contributed by atoms with Crippen molar-refractivity contribution in [3.63, 3.8) is 0 Å². The van der Waals surface area contributed by atoms with Crippen molar-refractivity contribution in [3.8, 4) is 5.69 Å². The summed E-state index contributed by atoms with van der Waals surface area (Å²) in [4.78, 5) is 12.8. The average molecular weight is 518 g/mol. The monoisotopic (exact) mass is 515 g/mol. The maximum absolute atomic E-state index is 12.8. The van der Waals surface area contributed by atoms with Gasteiger partial charge in [-0.05, 0) is 52.2 Å². The normalized spacial score (nSPS) is 12.0. The number of rotatable bonds is 7. The lowest BCUT2D eigenvalue weighted by atomic mass is 9.96. The Morgan fingerprint density at radius 3 is 2.38 bits per heavy atom. The Bertz CT molecular complexity index is 1040. The number of hydrogen-bond donors (Lipinski definition) is 2. The van der Waals surface area contributed by atoms with Crippen LogP contribution in [0.25, 0.3) is 5.69 Å². The van der Waals surface area contributed by atoms with Crippen LogP contribution in [0.5, 0.6) is 0 Å². The van der Waals surface area contributed by atoms with Gasteiger partial charge in [-0.3, -0.25) is 4.79 Å². The number of anilines is 1. The molecule has 0 aliphatic heterocycles. The third-order valence-corrected chi connectivity index (χ3v) is 6.05. The number of aliphatic hydroxyl groups is 1. The highest BCUT2D eigenvalue weighted by Crippen LogP contribution is 2.28. The summed E-state index contributed by atoms with van der Waals surface area (Å²) in [6, 6.07) is 12.5. The van der Waals surface area contributed by atoms with E-state index in [2.05, 4.69) is 26.3 Å². The third kappa shape index (κ3) is 5.13. The van der Waals surface area contributed by atoms with E-state index in [0.29, 0.717) is 43.9 Å². The lowest BCUT2D eigenvalue weighted by molar-refractivity contribution is 0.277. The molecule has 1 atom stereocenters. The van der Waals surface area contributed by atoms with Gasteiger partial charge in [-0.1, -0.05) is 53.0 Å². The van der Waals surface area contributed by atoms with Gasteiger partial charge in [0, 0.05) is 24.1 Å². The molecule has 29 heavy (non-hydrogen) atoms. The molecule has 152 valence electrons. The van der Waals surface area contributed by atoms with E-state index in [1.807, 2.05) is 24.3 Å². The van der Waals surface area contributed by atoms with Crippen molar-refractivity contribution in [2.24, 2.45) is 0 Å². The Morgan fingerprint density at radius 2 is 1.76 bits per heavy atom. The summed E-state index contributed by atoms with van der Waals surface area (Å²) in [5.74, 6) is 0.0320. The summed E-state index contributed by atoms with van der Waals surface area (Å²) in [7, 11) is 0. The molecule has 0 saturated heterocycles. The zero-order chi connectivity index (χ0) is 21.0. The fourth-order valence-corrected chi connectivity index (χ4v) is 4.01. The van der Waals surface area contributed by atoms with Crippen molar-refractivity contribution in [1.82, 2.24) is 9.78 Å². The Hall–Kier alpha value is -1.57. The fraction of sp³-hybridized carbons (Fsp3) is 0.200. The van der Waals surface area contributed by atoms with E-state index < -0.39 is 5.56 Å². The first kappa shape index (κ1) is 22.1. The highest BCUT2D eigenvalue weighted by atomic mass is 79.9. The second kappa shape index (κ2) is 9.96. The molecule has 1 heterocycles. The van der Waals surface area contributed by atoms with Crippen LogP contribution in [0.3, 0.4) is 0 Å². The predicted molar refractivity (Wildman–Crippen MR) is 122 cm³/mol. The van der Waals surface area contributed by atoms with Gasteiger partial charge in [0.15, 0.2) is 0 Å².